The molecule has 1 aliphatic rings. The molecule has 1 fully saturated rings. The second-order valence-electron chi connectivity index (χ2n) is 8.68. The number of nitrogens with zero attached hydrogens (tertiary/aromatic N) is 1. The number of rotatable bonds is 10. The number of nitrogen functional groups attached to an aromatic ring is 1. The molecule has 0 bridgehead atoms. The smallest absolute Gasteiger partial charge is 0.338 e. The van der Waals surface area contributed by atoms with E-state index in [9.17, 15) is 9.90 Å². The monoisotopic (exact) mass is 468 g/mol. The van der Waals surface area contributed by atoms with Gasteiger partial charge in [-0.3, -0.25) is 4.90 Å². The third kappa shape index (κ3) is 6.69. The Labute approximate surface area is 184 Å². The fourth-order valence-corrected chi connectivity index (χ4v) is 4.71. The molecule has 1 aromatic rings. The number of esters is 1. The number of carbonyl (C=O) groups is 1. The molecular formula is C23H37BrN2O3. The van der Waals surface area contributed by atoms with E-state index in [-0.39, 0.29) is 19.2 Å². The highest BCUT2D eigenvalue weighted by Gasteiger charge is 2.26. The summed E-state index contributed by atoms with van der Waals surface area (Å²) in [6.07, 6.45) is 8.10. The number of ether oxygens (including phenoxy) is 1. The van der Waals surface area contributed by atoms with Gasteiger partial charge in [-0.05, 0) is 59.4 Å². The minimum Gasteiger partial charge on any atom is -0.461 e. The second kappa shape index (κ2) is 11.3. The summed E-state index contributed by atoms with van der Waals surface area (Å²) in [7, 11) is 0. The van der Waals surface area contributed by atoms with Gasteiger partial charge in [0.1, 0.15) is 0 Å². The van der Waals surface area contributed by atoms with E-state index in [1.807, 2.05) is 13.0 Å². The lowest BCUT2D eigenvalue weighted by Gasteiger charge is -2.34. The maximum atomic E-state index is 12.7. The van der Waals surface area contributed by atoms with E-state index in [0.717, 1.165) is 36.0 Å². The predicted molar refractivity (Wildman–Crippen MR) is 122 cm³/mol. The maximum Gasteiger partial charge on any atom is 0.338 e. The minimum absolute atomic E-state index is 0.00233. The van der Waals surface area contributed by atoms with Crippen LogP contribution in [-0.4, -0.2) is 41.8 Å². The fourth-order valence-electron chi connectivity index (χ4n) is 4.21. The standard InChI is InChI=1S/C23H37BrN2O3/c1-4-11-23(3,15-27)16-29-22(28)17-12-18(21(25)20(24)13-17)14-26(5-2)19-9-7-6-8-10-19/h12-13,19,27H,4-11,14-16,25H2,1-3H3. The number of halogens is 1. The molecule has 0 heterocycles. The number of aliphatic hydroxyl groups is 1. The van der Waals surface area contributed by atoms with Crippen LogP contribution in [0.2, 0.25) is 0 Å². The lowest BCUT2D eigenvalue weighted by Crippen LogP contribution is -2.36. The first-order valence-electron chi connectivity index (χ1n) is 10.9. The van der Waals surface area contributed by atoms with Gasteiger partial charge in [0.2, 0.25) is 0 Å². The average molecular weight is 469 g/mol. The van der Waals surface area contributed by atoms with Gasteiger partial charge in [-0.1, -0.05) is 46.5 Å². The van der Waals surface area contributed by atoms with Gasteiger partial charge in [0.05, 0.1) is 24.5 Å². The first kappa shape index (κ1) is 24.2. The lowest BCUT2D eigenvalue weighted by molar-refractivity contribution is 0.0132. The van der Waals surface area contributed by atoms with Crippen LogP contribution in [0.25, 0.3) is 0 Å². The maximum absolute atomic E-state index is 12.7. The Balaban J connectivity index is 2.13. The summed E-state index contributed by atoms with van der Waals surface area (Å²) in [6, 6.07) is 4.18. The van der Waals surface area contributed by atoms with Gasteiger partial charge in [-0.25, -0.2) is 4.79 Å². The zero-order valence-corrected chi connectivity index (χ0v) is 19.8. The van der Waals surface area contributed by atoms with Crippen molar-refractivity contribution < 1.29 is 14.6 Å². The Kier molecular flexibility index (Phi) is 9.44. The summed E-state index contributed by atoms with van der Waals surface area (Å²) in [5, 5.41) is 9.65. The minimum atomic E-state index is -0.404. The van der Waals surface area contributed by atoms with Crippen molar-refractivity contribution in [3.8, 4) is 0 Å². The van der Waals surface area contributed by atoms with E-state index in [0.29, 0.717) is 17.3 Å². The van der Waals surface area contributed by atoms with E-state index in [1.165, 1.54) is 32.1 Å². The third-order valence-electron chi connectivity index (χ3n) is 6.11. The Bertz CT molecular complexity index is 676. The molecule has 0 aliphatic heterocycles. The predicted octanol–water partition coefficient (Wildman–Crippen LogP) is 5.14. The summed E-state index contributed by atoms with van der Waals surface area (Å²) < 4.78 is 6.28. The van der Waals surface area contributed by atoms with Gasteiger partial charge < -0.3 is 15.6 Å². The van der Waals surface area contributed by atoms with Crippen LogP contribution < -0.4 is 5.73 Å². The quantitative estimate of drug-likeness (QED) is 0.367. The first-order chi connectivity index (χ1) is 13.8. The summed E-state index contributed by atoms with van der Waals surface area (Å²) in [5.41, 5.74) is 8.06. The highest BCUT2D eigenvalue weighted by molar-refractivity contribution is 9.10. The molecule has 1 unspecified atom stereocenters. The molecule has 5 nitrogen and oxygen atoms in total. The van der Waals surface area contributed by atoms with Crippen molar-refractivity contribution in [1.82, 2.24) is 4.90 Å². The van der Waals surface area contributed by atoms with Crippen LogP contribution in [0.3, 0.4) is 0 Å². The molecule has 6 heteroatoms. The van der Waals surface area contributed by atoms with Gasteiger partial charge in [-0.2, -0.15) is 0 Å². The Morgan fingerprint density at radius 1 is 1.31 bits per heavy atom. The highest BCUT2D eigenvalue weighted by Crippen LogP contribution is 2.30. The number of aliphatic hydroxyl groups excluding tert-OH is 1. The molecule has 29 heavy (non-hydrogen) atoms. The molecule has 1 aliphatic carbocycles. The summed E-state index contributed by atoms with van der Waals surface area (Å²) in [4.78, 5) is 15.2. The van der Waals surface area contributed by atoms with Crippen LogP contribution in [0.1, 0.15) is 81.6 Å². The van der Waals surface area contributed by atoms with E-state index in [4.69, 9.17) is 10.5 Å². The van der Waals surface area contributed by atoms with Crippen LogP contribution in [0.4, 0.5) is 5.69 Å². The molecule has 0 amide bonds. The molecule has 1 aromatic carbocycles. The topological polar surface area (TPSA) is 75.8 Å². The molecule has 3 N–H and O–H groups in total. The fraction of sp³-hybridized carbons (Fsp3) is 0.696. The molecule has 0 radical (unpaired) electrons. The molecule has 0 spiro atoms. The average Bonchev–Trinajstić information content (AvgIpc) is 2.73. The molecular weight excluding hydrogens is 432 g/mol. The molecule has 164 valence electrons. The molecule has 1 saturated carbocycles. The highest BCUT2D eigenvalue weighted by atomic mass is 79.9. The molecule has 1 atom stereocenters. The van der Waals surface area contributed by atoms with Crippen LogP contribution in [0, 0.1) is 5.41 Å². The summed E-state index contributed by atoms with van der Waals surface area (Å²) >= 11 is 3.51. The molecule has 0 saturated heterocycles. The van der Waals surface area contributed by atoms with Gasteiger partial charge in [0.15, 0.2) is 0 Å². The number of nitrogens with two attached hydrogens (primary N) is 1. The van der Waals surface area contributed by atoms with Gasteiger partial charge in [0.25, 0.3) is 0 Å². The normalized spacial score (nSPS) is 17.3. The SMILES string of the molecule is CCCC(C)(CO)COC(=O)c1cc(Br)c(N)c(CN(CC)C2CCCCC2)c1. The molecule has 2 rings (SSSR count). The Morgan fingerprint density at radius 3 is 2.59 bits per heavy atom. The number of carbonyl (C=O) groups excluding carboxylic acids is 1. The number of anilines is 1. The van der Waals surface area contributed by atoms with Crippen LogP contribution in [0.5, 0.6) is 0 Å². The largest absolute Gasteiger partial charge is 0.461 e. The van der Waals surface area contributed by atoms with Crippen molar-refractivity contribution in [2.45, 2.75) is 78.3 Å². The van der Waals surface area contributed by atoms with E-state index >= 15 is 0 Å². The van der Waals surface area contributed by atoms with Crippen LogP contribution in [0.15, 0.2) is 16.6 Å². The summed E-state index contributed by atoms with van der Waals surface area (Å²) in [5.74, 6) is -0.372. The zero-order chi connectivity index (χ0) is 21.4. The van der Waals surface area contributed by atoms with Crippen LogP contribution >= 0.6 is 15.9 Å². The van der Waals surface area contributed by atoms with Gasteiger partial charge >= 0.3 is 5.97 Å². The van der Waals surface area contributed by atoms with Crippen LogP contribution in [-0.2, 0) is 11.3 Å². The number of hydrogen-bond donors (Lipinski definition) is 2. The second-order valence-corrected chi connectivity index (χ2v) is 9.54. The summed E-state index contributed by atoms with van der Waals surface area (Å²) in [6.45, 7) is 8.08. The third-order valence-corrected chi connectivity index (χ3v) is 6.76. The van der Waals surface area contributed by atoms with Gasteiger partial charge in [-0.15, -0.1) is 0 Å². The van der Waals surface area contributed by atoms with Crippen molar-refractivity contribution in [3.63, 3.8) is 0 Å². The first-order valence-corrected chi connectivity index (χ1v) is 11.7. The number of hydrogen-bond acceptors (Lipinski definition) is 5. The molecule has 0 aromatic heterocycles. The van der Waals surface area contributed by atoms with Crippen molar-refractivity contribution in [1.29, 1.82) is 0 Å². The van der Waals surface area contributed by atoms with Gasteiger partial charge in [0, 0.05) is 22.5 Å². The van der Waals surface area contributed by atoms with Crippen molar-refractivity contribution in [2.24, 2.45) is 5.41 Å². The Hall–Kier alpha value is -1.11. The van der Waals surface area contributed by atoms with E-state index < -0.39 is 5.41 Å². The lowest BCUT2D eigenvalue weighted by atomic mass is 9.88. The van der Waals surface area contributed by atoms with Crippen molar-refractivity contribution in [3.05, 3.63) is 27.7 Å². The Morgan fingerprint density at radius 2 is 2.00 bits per heavy atom. The van der Waals surface area contributed by atoms with E-state index in [2.05, 4.69) is 34.7 Å². The van der Waals surface area contributed by atoms with E-state index in [1.54, 1.807) is 6.07 Å². The van der Waals surface area contributed by atoms with Crippen molar-refractivity contribution >= 4 is 27.6 Å². The zero-order valence-electron chi connectivity index (χ0n) is 18.2. The van der Waals surface area contributed by atoms with Crippen molar-refractivity contribution in [2.75, 3.05) is 25.5 Å². The number of benzene rings is 1.